The number of benzene rings is 2. The molecule has 2 N–H and O–H groups in total. The van der Waals surface area contributed by atoms with Gasteiger partial charge in [-0.2, -0.15) is 0 Å². The standard InChI is InChI=1S/C27H24N6OS/c34-25(23-10-9-19-5-1-3-7-21(19)30-23)31-22-8-4-2-6-20(22)26-32-24-15-18(16-29-27(24)35-26)17-33-13-11-28-12-14-33/h1-10,15-16,28H,11-14,17H2,(H,31,34). The van der Waals surface area contributed by atoms with Gasteiger partial charge in [0, 0.05) is 49.9 Å². The van der Waals surface area contributed by atoms with E-state index in [1.54, 1.807) is 6.07 Å². The van der Waals surface area contributed by atoms with E-state index in [1.807, 2.05) is 60.8 Å². The van der Waals surface area contributed by atoms with Crippen LogP contribution in [0.4, 0.5) is 5.69 Å². The zero-order chi connectivity index (χ0) is 23.6. The predicted octanol–water partition coefficient (Wildman–Crippen LogP) is 4.56. The van der Waals surface area contributed by atoms with Crippen LogP contribution >= 0.6 is 11.3 Å². The van der Waals surface area contributed by atoms with E-state index in [-0.39, 0.29) is 5.91 Å². The molecule has 0 saturated carbocycles. The summed E-state index contributed by atoms with van der Waals surface area (Å²) in [6.45, 7) is 5.00. The topological polar surface area (TPSA) is 83.0 Å². The first-order chi connectivity index (χ1) is 17.2. The summed E-state index contributed by atoms with van der Waals surface area (Å²) < 4.78 is 0. The van der Waals surface area contributed by atoms with Gasteiger partial charge in [0.15, 0.2) is 0 Å². The number of pyridine rings is 2. The Balaban J connectivity index is 1.26. The first-order valence-corrected chi connectivity index (χ1v) is 12.5. The quantitative estimate of drug-likeness (QED) is 0.384. The lowest BCUT2D eigenvalue weighted by molar-refractivity contribution is 0.102. The van der Waals surface area contributed by atoms with E-state index in [0.717, 1.165) is 64.5 Å². The van der Waals surface area contributed by atoms with E-state index in [0.29, 0.717) is 11.4 Å². The minimum absolute atomic E-state index is 0.249. The number of hydrogen-bond acceptors (Lipinski definition) is 7. The summed E-state index contributed by atoms with van der Waals surface area (Å²) >= 11 is 1.53. The minimum atomic E-state index is -0.249. The molecule has 6 rings (SSSR count). The molecule has 1 aliphatic rings. The van der Waals surface area contributed by atoms with Gasteiger partial charge in [0.2, 0.25) is 0 Å². The van der Waals surface area contributed by atoms with Gasteiger partial charge in [-0.05, 0) is 35.9 Å². The maximum Gasteiger partial charge on any atom is 0.274 e. The van der Waals surface area contributed by atoms with E-state index in [4.69, 9.17) is 4.98 Å². The molecule has 8 heteroatoms. The smallest absolute Gasteiger partial charge is 0.274 e. The van der Waals surface area contributed by atoms with Crippen LogP contribution in [0.1, 0.15) is 16.1 Å². The first-order valence-electron chi connectivity index (χ1n) is 11.7. The highest BCUT2D eigenvalue weighted by atomic mass is 32.1. The molecule has 1 fully saturated rings. The Hall–Kier alpha value is -3.72. The van der Waals surface area contributed by atoms with Crippen LogP contribution in [-0.4, -0.2) is 51.9 Å². The van der Waals surface area contributed by atoms with Crippen molar-refractivity contribution in [3.05, 3.63) is 84.2 Å². The number of nitrogens with one attached hydrogen (secondary N) is 2. The van der Waals surface area contributed by atoms with Gasteiger partial charge in [-0.3, -0.25) is 9.69 Å². The molecule has 0 atom stereocenters. The van der Waals surface area contributed by atoms with Gasteiger partial charge >= 0.3 is 0 Å². The van der Waals surface area contributed by atoms with Crippen LogP contribution in [0.5, 0.6) is 0 Å². The Kier molecular flexibility index (Phi) is 5.91. The highest BCUT2D eigenvalue weighted by Crippen LogP contribution is 2.34. The van der Waals surface area contributed by atoms with Crippen molar-refractivity contribution in [1.29, 1.82) is 0 Å². The van der Waals surface area contributed by atoms with Crippen LogP contribution in [0.2, 0.25) is 0 Å². The minimum Gasteiger partial charge on any atom is -0.320 e. The van der Waals surface area contributed by atoms with Crippen molar-refractivity contribution < 1.29 is 4.79 Å². The molecule has 2 aromatic carbocycles. The van der Waals surface area contributed by atoms with Gasteiger partial charge in [-0.25, -0.2) is 15.0 Å². The zero-order valence-corrected chi connectivity index (χ0v) is 19.9. The number of thiazole rings is 1. The molecule has 7 nitrogen and oxygen atoms in total. The van der Waals surface area contributed by atoms with Crippen molar-refractivity contribution in [2.24, 2.45) is 0 Å². The fourth-order valence-electron chi connectivity index (χ4n) is 4.35. The van der Waals surface area contributed by atoms with Crippen molar-refractivity contribution in [1.82, 2.24) is 25.2 Å². The summed E-state index contributed by atoms with van der Waals surface area (Å²) in [6.07, 6.45) is 1.95. The lowest BCUT2D eigenvalue weighted by atomic mass is 10.1. The van der Waals surface area contributed by atoms with E-state index < -0.39 is 0 Å². The Morgan fingerprint density at radius 1 is 0.971 bits per heavy atom. The van der Waals surface area contributed by atoms with Crippen molar-refractivity contribution in [3.63, 3.8) is 0 Å². The summed E-state index contributed by atoms with van der Waals surface area (Å²) in [5.41, 5.74) is 4.79. The molecular weight excluding hydrogens is 456 g/mol. The summed E-state index contributed by atoms with van der Waals surface area (Å²) in [5.74, 6) is -0.249. The molecular formula is C27H24N6OS. The van der Waals surface area contributed by atoms with Gasteiger partial charge in [0.1, 0.15) is 21.0 Å². The summed E-state index contributed by atoms with van der Waals surface area (Å²) in [5, 5.41) is 8.25. The first kappa shape index (κ1) is 21.8. The van der Waals surface area contributed by atoms with Crippen LogP contribution in [0.3, 0.4) is 0 Å². The number of para-hydroxylation sites is 2. The Bertz CT molecular complexity index is 1520. The van der Waals surface area contributed by atoms with E-state index in [1.165, 1.54) is 16.9 Å². The number of amides is 1. The maximum atomic E-state index is 13.0. The molecule has 0 unspecified atom stereocenters. The predicted molar refractivity (Wildman–Crippen MR) is 141 cm³/mol. The van der Waals surface area contributed by atoms with Gasteiger partial charge in [0.05, 0.1) is 11.2 Å². The summed E-state index contributed by atoms with van der Waals surface area (Å²) in [4.78, 5) is 30.4. The molecule has 0 spiro atoms. The highest BCUT2D eigenvalue weighted by Gasteiger charge is 2.16. The number of hydrogen-bond donors (Lipinski definition) is 2. The normalized spacial score (nSPS) is 14.4. The monoisotopic (exact) mass is 480 g/mol. The molecule has 0 radical (unpaired) electrons. The molecule has 0 bridgehead atoms. The molecule has 1 aliphatic heterocycles. The van der Waals surface area contributed by atoms with Gasteiger partial charge < -0.3 is 10.6 Å². The molecule has 5 aromatic rings. The number of piperazine rings is 1. The third-order valence-electron chi connectivity index (χ3n) is 6.16. The van der Waals surface area contributed by atoms with Crippen LogP contribution < -0.4 is 10.6 Å². The Labute approximate surface area is 206 Å². The lowest BCUT2D eigenvalue weighted by Crippen LogP contribution is -2.42. The summed E-state index contributed by atoms with van der Waals surface area (Å²) in [6, 6.07) is 21.3. The van der Waals surface area contributed by atoms with Crippen LogP contribution in [-0.2, 0) is 6.54 Å². The fraction of sp³-hybridized carbons (Fsp3) is 0.185. The average Bonchev–Trinajstić information content (AvgIpc) is 3.32. The third kappa shape index (κ3) is 4.64. The molecule has 35 heavy (non-hydrogen) atoms. The van der Waals surface area contributed by atoms with Gasteiger partial charge in [-0.15, -0.1) is 0 Å². The van der Waals surface area contributed by atoms with Crippen LogP contribution in [0.25, 0.3) is 31.8 Å². The number of anilines is 1. The maximum absolute atomic E-state index is 13.0. The van der Waals surface area contributed by atoms with Gasteiger partial charge in [-0.1, -0.05) is 47.7 Å². The molecule has 1 saturated heterocycles. The van der Waals surface area contributed by atoms with Crippen molar-refractivity contribution in [3.8, 4) is 10.6 Å². The molecule has 4 heterocycles. The SMILES string of the molecule is O=C(Nc1ccccc1-c1nc2cc(CN3CCNCC3)cnc2s1)c1ccc2ccccc2n1. The van der Waals surface area contributed by atoms with Crippen molar-refractivity contribution in [2.45, 2.75) is 6.54 Å². The van der Waals surface area contributed by atoms with Crippen LogP contribution in [0.15, 0.2) is 72.9 Å². The number of carbonyl (C=O) groups is 1. The van der Waals surface area contributed by atoms with Gasteiger partial charge in [0.25, 0.3) is 5.91 Å². The summed E-state index contributed by atoms with van der Waals surface area (Å²) in [7, 11) is 0. The molecule has 174 valence electrons. The second kappa shape index (κ2) is 9.50. The Morgan fingerprint density at radius 3 is 2.71 bits per heavy atom. The van der Waals surface area contributed by atoms with E-state index >= 15 is 0 Å². The third-order valence-corrected chi connectivity index (χ3v) is 7.17. The second-order valence-electron chi connectivity index (χ2n) is 8.60. The number of aromatic nitrogens is 3. The largest absolute Gasteiger partial charge is 0.320 e. The van der Waals surface area contributed by atoms with E-state index in [9.17, 15) is 4.79 Å². The highest BCUT2D eigenvalue weighted by molar-refractivity contribution is 7.21. The lowest BCUT2D eigenvalue weighted by Gasteiger charge is -2.26. The molecule has 3 aromatic heterocycles. The van der Waals surface area contributed by atoms with Crippen molar-refractivity contribution in [2.75, 3.05) is 31.5 Å². The second-order valence-corrected chi connectivity index (χ2v) is 9.58. The van der Waals surface area contributed by atoms with E-state index in [2.05, 4.69) is 31.6 Å². The molecule has 1 amide bonds. The Morgan fingerprint density at radius 2 is 1.80 bits per heavy atom. The fourth-order valence-corrected chi connectivity index (χ4v) is 5.28. The van der Waals surface area contributed by atoms with Crippen molar-refractivity contribution >= 4 is 44.2 Å². The number of fused-ring (bicyclic) bond motifs is 2. The average molecular weight is 481 g/mol. The number of carbonyl (C=O) groups excluding carboxylic acids is 1. The number of rotatable bonds is 5. The van der Waals surface area contributed by atoms with Crippen LogP contribution in [0, 0.1) is 0 Å². The zero-order valence-electron chi connectivity index (χ0n) is 19.1. The molecule has 0 aliphatic carbocycles. The number of nitrogens with zero attached hydrogens (tertiary/aromatic N) is 4.